The van der Waals surface area contributed by atoms with E-state index in [1.807, 2.05) is 0 Å². The molecule has 7 heavy (non-hydrogen) atoms. The molecule has 0 saturated carbocycles. The van der Waals surface area contributed by atoms with Crippen molar-refractivity contribution in [1.82, 2.24) is 0 Å². The molecule has 0 radical (unpaired) electrons. The van der Waals surface area contributed by atoms with E-state index in [1.165, 1.54) is 0 Å². The van der Waals surface area contributed by atoms with Crippen LogP contribution in [0, 0.1) is 0 Å². The first-order valence-corrected chi connectivity index (χ1v) is 1.28. The van der Waals surface area contributed by atoms with Crippen LogP contribution in [0.5, 0.6) is 0 Å². The summed E-state index contributed by atoms with van der Waals surface area (Å²) in [6.45, 7) is 3.00. The minimum Gasteiger partial charge on any atom is -0.449 e. The molecule has 0 aromatic rings. The lowest BCUT2D eigenvalue weighted by atomic mass is 11.1. The van der Waals surface area contributed by atoms with Crippen LogP contribution in [0.3, 0.4) is 0 Å². The van der Waals surface area contributed by atoms with Crippen molar-refractivity contribution in [1.29, 1.82) is 0 Å². The highest BCUT2D eigenvalue weighted by Crippen LogP contribution is 1.70. The lowest BCUT2D eigenvalue weighted by Crippen LogP contribution is -1.89. The number of ether oxygens (including phenoxy) is 1. The minimum atomic E-state index is -1.33. The van der Waals surface area contributed by atoms with Gasteiger partial charge in [0.05, 0.1) is 6.26 Å². The van der Waals surface area contributed by atoms with Crippen molar-refractivity contribution in [2.45, 2.75) is 7.43 Å². The summed E-state index contributed by atoms with van der Waals surface area (Å²) in [5, 5.41) is 7.62. The Hall–Kier alpha value is -0.990. The van der Waals surface area contributed by atoms with Crippen molar-refractivity contribution in [3.05, 3.63) is 12.8 Å². The van der Waals surface area contributed by atoms with Gasteiger partial charge in [0.2, 0.25) is 0 Å². The van der Waals surface area contributed by atoms with Crippen LogP contribution >= 0.6 is 0 Å². The molecule has 0 aliphatic heterocycles. The van der Waals surface area contributed by atoms with Crippen molar-refractivity contribution in [3.8, 4) is 0 Å². The fraction of sp³-hybridized carbons (Fsp3) is 0.250. The Balaban J connectivity index is 0. The molecule has 0 spiro atoms. The van der Waals surface area contributed by atoms with Crippen LogP contribution in [0.2, 0.25) is 0 Å². The highest BCUT2D eigenvalue weighted by Gasteiger charge is 1.84. The van der Waals surface area contributed by atoms with Crippen molar-refractivity contribution in [3.63, 3.8) is 0 Å². The van der Waals surface area contributed by atoms with Crippen LogP contribution in [0.1, 0.15) is 7.43 Å². The molecule has 0 aromatic carbocycles. The first-order valence-electron chi connectivity index (χ1n) is 1.28. The molecule has 0 aromatic heterocycles. The zero-order valence-corrected chi connectivity index (χ0v) is 3.05. The minimum absolute atomic E-state index is 0. The maximum Gasteiger partial charge on any atom is 0.510 e. The van der Waals surface area contributed by atoms with Gasteiger partial charge in [-0.05, 0) is 0 Å². The second kappa shape index (κ2) is 5.01. The first-order chi connectivity index (χ1) is 2.77. The Morgan fingerprint density at radius 3 is 2.29 bits per heavy atom. The first kappa shape index (κ1) is 9.38. The molecule has 3 nitrogen and oxygen atoms in total. The van der Waals surface area contributed by atoms with Gasteiger partial charge in [-0.25, -0.2) is 4.79 Å². The van der Waals surface area contributed by atoms with E-state index in [0.29, 0.717) is 0 Å². The Kier molecular flexibility index (Phi) is 6.71. The summed E-state index contributed by atoms with van der Waals surface area (Å²) in [5.41, 5.74) is 0. The van der Waals surface area contributed by atoms with E-state index in [1.54, 1.807) is 0 Å². The Morgan fingerprint density at radius 2 is 2.29 bits per heavy atom. The lowest BCUT2D eigenvalue weighted by molar-refractivity contribution is 0.128. The number of carbonyl (C=O) groups is 1. The molecule has 0 amide bonds. The zero-order valence-electron chi connectivity index (χ0n) is 3.05. The van der Waals surface area contributed by atoms with E-state index in [4.69, 9.17) is 5.11 Å². The summed E-state index contributed by atoms with van der Waals surface area (Å²) >= 11 is 0. The molecule has 1 N–H and O–H groups in total. The van der Waals surface area contributed by atoms with E-state index in [0.717, 1.165) is 6.26 Å². The third-order valence-electron chi connectivity index (χ3n) is 0.184. The van der Waals surface area contributed by atoms with Gasteiger partial charge in [0.1, 0.15) is 0 Å². The summed E-state index contributed by atoms with van der Waals surface area (Å²) < 4.78 is 3.72. The molecule has 0 aliphatic rings. The summed E-state index contributed by atoms with van der Waals surface area (Å²) in [6, 6.07) is 0. The molecular formula is C4H8O3. The topological polar surface area (TPSA) is 46.5 Å². The standard InChI is InChI=1S/C3H4O3.CH4/c1-2-6-3(4)5;/h2H,1H2,(H,4,5);1H4. The van der Waals surface area contributed by atoms with Crippen molar-refractivity contribution in [2.24, 2.45) is 0 Å². The molecule has 0 bridgehead atoms. The van der Waals surface area contributed by atoms with Crippen LogP contribution < -0.4 is 0 Å². The molecule has 0 fully saturated rings. The molecular weight excluding hydrogens is 96.0 g/mol. The highest BCUT2D eigenvalue weighted by atomic mass is 16.7. The van der Waals surface area contributed by atoms with Gasteiger partial charge in [0.25, 0.3) is 0 Å². The smallest absolute Gasteiger partial charge is 0.449 e. The molecule has 0 heterocycles. The van der Waals surface area contributed by atoms with Gasteiger partial charge < -0.3 is 9.84 Å². The van der Waals surface area contributed by atoms with E-state index < -0.39 is 6.16 Å². The van der Waals surface area contributed by atoms with Gasteiger partial charge >= 0.3 is 6.16 Å². The van der Waals surface area contributed by atoms with Gasteiger partial charge in [0.15, 0.2) is 0 Å². The number of carboxylic acid groups (broad SMARTS) is 1. The maximum atomic E-state index is 9.31. The summed E-state index contributed by atoms with van der Waals surface area (Å²) in [6.07, 6.45) is -0.479. The van der Waals surface area contributed by atoms with Crippen molar-refractivity contribution < 1.29 is 14.6 Å². The molecule has 0 unspecified atom stereocenters. The quantitative estimate of drug-likeness (QED) is 0.404. The molecule has 0 rings (SSSR count). The summed E-state index contributed by atoms with van der Waals surface area (Å²) in [5.74, 6) is 0. The Morgan fingerprint density at radius 1 is 1.86 bits per heavy atom. The third kappa shape index (κ3) is 11.2. The van der Waals surface area contributed by atoms with Gasteiger partial charge in [-0.1, -0.05) is 14.0 Å². The number of hydrogen-bond donors (Lipinski definition) is 1. The lowest BCUT2D eigenvalue weighted by Gasteiger charge is -1.81. The zero-order chi connectivity index (χ0) is 4.99. The second-order valence-corrected chi connectivity index (χ2v) is 0.550. The summed E-state index contributed by atoms with van der Waals surface area (Å²) in [4.78, 5) is 9.31. The fourth-order valence-corrected chi connectivity index (χ4v) is 0.0713. The summed E-state index contributed by atoms with van der Waals surface area (Å²) in [7, 11) is 0. The largest absolute Gasteiger partial charge is 0.510 e. The molecule has 0 aliphatic carbocycles. The maximum absolute atomic E-state index is 9.31. The highest BCUT2D eigenvalue weighted by molar-refractivity contribution is 5.57. The fourth-order valence-electron chi connectivity index (χ4n) is 0.0713. The van der Waals surface area contributed by atoms with Gasteiger partial charge in [-0.3, -0.25) is 0 Å². The van der Waals surface area contributed by atoms with Crippen molar-refractivity contribution in [2.75, 3.05) is 0 Å². The van der Waals surface area contributed by atoms with Crippen LogP contribution in [0.25, 0.3) is 0 Å². The van der Waals surface area contributed by atoms with Crippen molar-refractivity contribution >= 4 is 6.16 Å². The second-order valence-electron chi connectivity index (χ2n) is 0.550. The van der Waals surface area contributed by atoms with Gasteiger partial charge in [0, 0.05) is 0 Å². The van der Waals surface area contributed by atoms with E-state index in [9.17, 15) is 4.79 Å². The normalized spacial score (nSPS) is 5.71. The molecule has 0 saturated heterocycles. The molecule has 42 valence electrons. The van der Waals surface area contributed by atoms with Crippen LogP contribution in [-0.2, 0) is 4.74 Å². The van der Waals surface area contributed by atoms with Gasteiger partial charge in [-0.15, -0.1) is 0 Å². The van der Waals surface area contributed by atoms with E-state index in [-0.39, 0.29) is 7.43 Å². The van der Waals surface area contributed by atoms with Crippen LogP contribution in [-0.4, -0.2) is 11.3 Å². The Labute approximate surface area is 42.2 Å². The average Bonchev–Trinajstić information content (AvgIpc) is 1.35. The molecule has 3 heteroatoms. The average molecular weight is 104 g/mol. The number of rotatable bonds is 1. The van der Waals surface area contributed by atoms with Crippen LogP contribution in [0.4, 0.5) is 4.79 Å². The SMILES string of the molecule is C.C=COC(=O)O. The number of hydrogen-bond acceptors (Lipinski definition) is 2. The monoisotopic (exact) mass is 104 g/mol. The third-order valence-corrected chi connectivity index (χ3v) is 0.184. The Bertz CT molecular complexity index is 67.3. The van der Waals surface area contributed by atoms with E-state index in [2.05, 4.69) is 11.3 Å². The van der Waals surface area contributed by atoms with E-state index >= 15 is 0 Å². The molecule has 0 atom stereocenters. The predicted molar refractivity (Wildman–Crippen MR) is 26.0 cm³/mol. The van der Waals surface area contributed by atoms with Crippen LogP contribution in [0.15, 0.2) is 12.8 Å². The predicted octanol–water partition coefficient (Wildman–Crippen LogP) is 1.46. The van der Waals surface area contributed by atoms with Gasteiger partial charge in [-0.2, -0.15) is 0 Å².